The van der Waals surface area contributed by atoms with E-state index in [0.717, 1.165) is 4.90 Å². The number of aromatic amines is 1. The number of alkyl halides is 4. The first-order valence-corrected chi connectivity index (χ1v) is 9.95. The predicted molar refractivity (Wildman–Crippen MR) is 99.8 cm³/mol. The second-order valence-corrected chi connectivity index (χ2v) is 8.48. The molecule has 2 fully saturated rings. The van der Waals surface area contributed by atoms with E-state index in [0.29, 0.717) is 11.3 Å². The Balaban J connectivity index is 1.54. The zero-order chi connectivity index (χ0) is 21.8. The fourth-order valence-electron chi connectivity index (χ4n) is 4.29. The largest absolute Gasteiger partial charge is 0.341 e. The van der Waals surface area contributed by atoms with Crippen molar-refractivity contribution in [2.45, 2.75) is 56.4 Å². The number of hydrogen-bond acceptors (Lipinski definition) is 3. The number of hydrogen-bond donors (Lipinski definition) is 2. The lowest BCUT2D eigenvalue weighted by molar-refractivity contribution is -0.166. The van der Waals surface area contributed by atoms with Crippen LogP contribution < -0.4 is 5.73 Å². The molecule has 2 atom stereocenters. The van der Waals surface area contributed by atoms with Crippen LogP contribution in [0.25, 0.3) is 11.0 Å². The number of likely N-dealkylation sites (tertiary alicyclic amines) is 1. The van der Waals surface area contributed by atoms with Gasteiger partial charge < -0.3 is 15.6 Å². The third-order valence-corrected chi connectivity index (χ3v) is 6.22. The summed E-state index contributed by atoms with van der Waals surface area (Å²) in [6.07, 6.45) is 0.0362. The van der Waals surface area contributed by atoms with Crippen LogP contribution in [0.1, 0.15) is 56.0 Å². The number of nitrogens with one attached hydrogen (secondary N) is 1. The summed E-state index contributed by atoms with van der Waals surface area (Å²) in [7, 11) is 0. The van der Waals surface area contributed by atoms with Crippen LogP contribution in [0.3, 0.4) is 0 Å². The molecule has 2 unspecified atom stereocenters. The van der Waals surface area contributed by atoms with Gasteiger partial charge >= 0.3 is 0 Å². The summed E-state index contributed by atoms with van der Waals surface area (Å²) in [5.41, 5.74) is 6.64. The molecule has 1 amide bonds. The maximum Gasteiger partial charge on any atom is 0.282 e. The van der Waals surface area contributed by atoms with Gasteiger partial charge in [0.15, 0.2) is 5.82 Å². The molecule has 1 saturated carbocycles. The van der Waals surface area contributed by atoms with Crippen molar-refractivity contribution in [2.24, 2.45) is 11.7 Å². The molecule has 1 saturated heterocycles. The standard InChI is InChI=1S/C20H23F5N4O/c1-10(18(30)29-8-20(24,25)9-29)12-2-3-13-16(14(12)21)28-17(27-13)15(26)11-4-6-19(22,23)7-5-11/h2-3,10-11,15H,4-9,26H2,1H3,(H,27,28). The highest BCUT2D eigenvalue weighted by atomic mass is 19.3. The smallest absolute Gasteiger partial charge is 0.282 e. The van der Waals surface area contributed by atoms with Crippen LogP contribution in [0.5, 0.6) is 0 Å². The van der Waals surface area contributed by atoms with Crippen LogP contribution in [0, 0.1) is 11.7 Å². The van der Waals surface area contributed by atoms with E-state index in [4.69, 9.17) is 5.73 Å². The van der Waals surface area contributed by atoms with Crippen LogP contribution in [0.4, 0.5) is 22.0 Å². The van der Waals surface area contributed by atoms with E-state index in [1.54, 1.807) is 6.07 Å². The summed E-state index contributed by atoms with van der Waals surface area (Å²) >= 11 is 0. The number of halogens is 5. The molecule has 2 heterocycles. The lowest BCUT2D eigenvalue weighted by Crippen LogP contribution is -2.59. The lowest BCUT2D eigenvalue weighted by Gasteiger charge is -2.40. The fraction of sp³-hybridized carbons (Fsp3) is 0.600. The number of carbonyl (C=O) groups is 1. The van der Waals surface area contributed by atoms with E-state index in [9.17, 15) is 22.4 Å². The third kappa shape index (κ3) is 3.77. The zero-order valence-corrected chi connectivity index (χ0v) is 16.4. The SMILES string of the molecule is CC(C(=O)N1CC(F)(F)C1)c1ccc2[nH]c(C(N)C3CCC(F)(F)CC3)nc2c1F. The van der Waals surface area contributed by atoms with Gasteiger partial charge in [0, 0.05) is 18.4 Å². The number of carbonyl (C=O) groups excluding carboxylic acids is 1. The van der Waals surface area contributed by atoms with Gasteiger partial charge in [-0.3, -0.25) is 4.79 Å². The Kier molecular flexibility index (Phi) is 5.03. The van der Waals surface area contributed by atoms with Crippen molar-refractivity contribution < 1.29 is 26.7 Å². The van der Waals surface area contributed by atoms with Crippen molar-refractivity contribution in [1.29, 1.82) is 0 Å². The van der Waals surface area contributed by atoms with Crippen LogP contribution in [-0.2, 0) is 4.79 Å². The third-order valence-electron chi connectivity index (χ3n) is 6.22. The van der Waals surface area contributed by atoms with Gasteiger partial charge in [-0.1, -0.05) is 6.07 Å². The Morgan fingerprint density at radius 1 is 1.20 bits per heavy atom. The van der Waals surface area contributed by atoms with Crippen molar-refractivity contribution in [2.75, 3.05) is 13.1 Å². The van der Waals surface area contributed by atoms with Gasteiger partial charge in [0.05, 0.1) is 30.6 Å². The van der Waals surface area contributed by atoms with Crippen molar-refractivity contribution in [3.05, 3.63) is 29.3 Å². The number of H-pyrrole nitrogens is 1. The summed E-state index contributed by atoms with van der Waals surface area (Å²) in [5.74, 6) is -7.69. The number of nitrogens with two attached hydrogens (primary N) is 1. The molecular weight excluding hydrogens is 407 g/mol. The lowest BCUT2D eigenvalue weighted by atomic mass is 9.82. The molecule has 0 spiro atoms. The molecule has 0 bridgehead atoms. The van der Waals surface area contributed by atoms with Crippen molar-refractivity contribution in [3.8, 4) is 0 Å². The first kappa shape index (κ1) is 21.0. The van der Waals surface area contributed by atoms with E-state index in [-0.39, 0.29) is 42.7 Å². The van der Waals surface area contributed by atoms with E-state index in [1.807, 2.05) is 0 Å². The number of imidazole rings is 1. The molecular formula is C20H23F5N4O. The molecule has 5 nitrogen and oxygen atoms in total. The molecule has 164 valence electrons. The van der Waals surface area contributed by atoms with E-state index < -0.39 is 48.6 Å². The Bertz CT molecular complexity index is 958. The van der Waals surface area contributed by atoms with Gasteiger partial charge in [0.1, 0.15) is 11.3 Å². The molecule has 2 aromatic rings. The topological polar surface area (TPSA) is 75.0 Å². The predicted octanol–water partition coefficient (Wildman–Crippen LogP) is 4.11. The van der Waals surface area contributed by atoms with Crippen molar-refractivity contribution >= 4 is 16.9 Å². The minimum absolute atomic E-state index is 0.00678. The Morgan fingerprint density at radius 2 is 1.83 bits per heavy atom. The normalized spacial score (nSPS) is 23.2. The molecule has 4 rings (SSSR count). The monoisotopic (exact) mass is 430 g/mol. The van der Waals surface area contributed by atoms with Gasteiger partial charge in [-0.2, -0.15) is 0 Å². The average Bonchev–Trinajstić information content (AvgIpc) is 3.10. The highest BCUT2D eigenvalue weighted by Gasteiger charge is 2.47. The summed E-state index contributed by atoms with van der Waals surface area (Å²) in [5, 5.41) is 0. The number of amides is 1. The van der Waals surface area contributed by atoms with Gasteiger partial charge in [-0.25, -0.2) is 26.9 Å². The molecule has 1 aromatic carbocycles. The number of benzene rings is 1. The Labute approximate surface area is 169 Å². The van der Waals surface area contributed by atoms with Crippen LogP contribution in [0.15, 0.2) is 12.1 Å². The van der Waals surface area contributed by atoms with Crippen LogP contribution in [0.2, 0.25) is 0 Å². The zero-order valence-electron chi connectivity index (χ0n) is 16.4. The molecule has 1 aromatic heterocycles. The van der Waals surface area contributed by atoms with Crippen LogP contribution >= 0.6 is 0 Å². The molecule has 3 N–H and O–H groups in total. The number of fused-ring (bicyclic) bond motifs is 1. The molecule has 1 aliphatic heterocycles. The van der Waals surface area contributed by atoms with Gasteiger partial charge in [-0.05, 0) is 31.7 Å². The quantitative estimate of drug-likeness (QED) is 0.717. The second kappa shape index (κ2) is 7.18. The van der Waals surface area contributed by atoms with E-state index in [1.165, 1.54) is 13.0 Å². The maximum atomic E-state index is 15.1. The van der Waals surface area contributed by atoms with Gasteiger partial charge in [0.2, 0.25) is 11.8 Å². The Hall–Kier alpha value is -2.23. The number of aromatic nitrogens is 2. The summed E-state index contributed by atoms with van der Waals surface area (Å²) in [4.78, 5) is 20.6. The minimum Gasteiger partial charge on any atom is -0.341 e. The highest BCUT2D eigenvalue weighted by Crippen LogP contribution is 2.40. The summed E-state index contributed by atoms with van der Waals surface area (Å²) in [6, 6.07) is 2.34. The van der Waals surface area contributed by atoms with Gasteiger partial charge in [-0.15, -0.1) is 0 Å². The fourth-order valence-corrected chi connectivity index (χ4v) is 4.29. The molecule has 0 radical (unpaired) electrons. The Morgan fingerprint density at radius 3 is 2.43 bits per heavy atom. The summed E-state index contributed by atoms with van der Waals surface area (Å²) < 4.78 is 68.0. The van der Waals surface area contributed by atoms with Crippen molar-refractivity contribution in [1.82, 2.24) is 14.9 Å². The first-order chi connectivity index (χ1) is 14.0. The average molecular weight is 430 g/mol. The maximum absolute atomic E-state index is 15.1. The molecule has 2 aliphatic rings. The molecule has 10 heteroatoms. The van der Waals surface area contributed by atoms with E-state index >= 15 is 4.39 Å². The number of nitrogens with zero attached hydrogens (tertiary/aromatic N) is 2. The van der Waals surface area contributed by atoms with Crippen LogP contribution in [-0.4, -0.2) is 45.7 Å². The second-order valence-electron chi connectivity index (χ2n) is 8.48. The minimum atomic E-state index is -2.89. The first-order valence-electron chi connectivity index (χ1n) is 9.95. The van der Waals surface area contributed by atoms with E-state index in [2.05, 4.69) is 9.97 Å². The van der Waals surface area contributed by atoms with Crippen molar-refractivity contribution in [3.63, 3.8) is 0 Å². The molecule has 30 heavy (non-hydrogen) atoms. The highest BCUT2D eigenvalue weighted by molar-refractivity contribution is 5.86. The van der Waals surface area contributed by atoms with Gasteiger partial charge in [0.25, 0.3) is 5.92 Å². The molecule has 1 aliphatic carbocycles. The number of rotatable bonds is 4. The summed E-state index contributed by atoms with van der Waals surface area (Å²) in [6.45, 7) is 0.133.